The molecule has 0 bridgehead atoms. The van der Waals surface area contributed by atoms with Gasteiger partial charge in [-0.2, -0.15) is 0 Å². The van der Waals surface area contributed by atoms with Crippen molar-refractivity contribution in [2.45, 2.75) is 6.54 Å². The predicted molar refractivity (Wildman–Crippen MR) is 107 cm³/mol. The number of aromatic nitrogens is 1. The van der Waals surface area contributed by atoms with Gasteiger partial charge in [0.25, 0.3) is 0 Å². The van der Waals surface area contributed by atoms with E-state index in [9.17, 15) is 13.2 Å². The van der Waals surface area contributed by atoms with Crippen molar-refractivity contribution in [1.29, 1.82) is 0 Å². The first kappa shape index (κ1) is 18.8. The normalized spacial score (nSPS) is 11.3. The first-order valence-corrected chi connectivity index (χ1v) is 10.3. The number of anilines is 1. The molecule has 0 atom stereocenters. The van der Waals surface area contributed by atoms with Crippen molar-refractivity contribution in [3.05, 3.63) is 72.4 Å². The molecule has 0 aliphatic carbocycles. The van der Waals surface area contributed by atoms with E-state index in [1.54, 1.807) is 31.4 Å². The molecule has 0 radical (unpaired) electrons. The van der Waals surface area contributed by atoms with Gasteiger partial charge in [0.2, 0.25) is 15.9 Å². The summed E-state index contributed by atoms with van der Waals surface area (Å²) in [6, 6.07) is 18.5. The van der Waals surface area contributed by atoms with Gasteiger partial charge in [0, 0.05) is 25.2 Å². The van der Waals surface area contributed by atoms with Gasteiger partial charge in [0.05, 0.1) is 17.5 Å². The van der Waals surface area contributed by atoms with E-state index in [-0.39, 0.29) is 12.5 Å². The molecule has 1 aromatic heterocycles. The number of benzene rings is 2. The van der Waals surface area contributed by atoms with Crippen LogP contribution >= 0.6 is 0 Å². The smallest absolute Gasteiger partial charge is 0.243 e. The van der Waals surface area contributed by atoms with E-state index < -0.39 is 10.0 Å². The number of carbonyl (C=O) groups excluding carboxylic acids is 1. The monoisotopic (exact) mass is 383 g/mol. The standard InChI is InChI=1S/C20H21N3O3S/c1-22(14-16-8-4-3-5-9-16)19(24)15-23(27(2,25)26)18-12-6-10-17-11-7-13-21-20(17)18/h3-13H,14-15H2,1-2H3. The first-order valence-electron chi connectivity index (χ1n) is 8.45. The Morgan fingerprint density at radius 2 is 1.70 bits per heavy atom. The van der Waals surface area contributed by atoms with Crippen molar-refractivity contribution in [2.24, 2.45) is 0 Å². The SMILES string of the molecule is CN(Cc1ccccc1)C(=O)CN(c1cccc2cccnc12)S(C)(=O)=O. The first-order chi connectivity index (χ1) is 12.9. The second-order valence-electron chi connectivity index (χ2n) is 6.36. The number of pyridine rings is 1. The lowest BCUT2D eigenvalue weighted by atomic mass is 10.2. The molecule has 1 amide bonds. The van der Waals surface area contributed by atoms with E-state index in [0.29, 0.717) is 17.7 Å². The van der Waals surface area contributed by atoms with Crippen molar-refractivity contribution in [2.75, 3.05) is 24.2 Å². The number of fused-ring (bicyclic) bond motifs is 1. The lowest BCUT2D eigenvalue weighted by Crippen LogP contribution is -2.41. The van der Waals surface area contributed by atoms with E-state index >= 15 is 0 Å². The Labute approximate surface area is 159 Å². The number of nitrogens with zero attached hydrogens (tertiary/aromatic N) is 3. The number of carbonyl (C=O) groups is 1. The average Bonchev–Trinajstić information content (AvgIpc) is 2.65. The minimum Gasteiger partial charge on any atom is -0.340 e. The molecule has 0 N–H and O–H groups in total. The Bertz CT molecular complexity index is 1050. The minimum absolute atomic E-state index is 0.280. The highest BCUT2D eigenvalue weighted by Crippen LogP contribution is 2.26. The maximum absolute atomic E-state index is 12.7. The number of amides is 1. The molecule has 2 aromatic carbocycles. The van der Waals surface area contributed by atoms with Crippen molar-refractivity contribution in [1.82, 2.24) is 9.88 Å². The molecule has 27 heavy (non-hydrogen) atoms. The van der Waals surface area contributed by atoms with Crippen LogP contribution in [0.15, 0.2) is 66.9 Å². The molecular formula is C20H21N3O3S. The van der Waals surface area contributed by atoms with Crippen LogP contribution in [0, 0.1) is 0 Å². The van der Waals surface area contributed by atoms with Crippen LogP contribution in [0.4, 0.5) is 5.69 Å². The quantitative estimate of drug-likeness (QED) is 0.656. The summed E-state index contributed by atoms with van der Waals surface area (Å²) >= 11 is 0. The van der Waals surface area contributed by atoms with Gasteiger partial charge in [-0.25, -0.2) is 8.42 Å². The Hall–Kier alpha value is -2.93. The zero-order valence-electron chi connectivity index (χ0n) is 15.2. The Kier molecular flexibility index (Phi) is 5.41. The lowest BCUT2D eigenvalue weighted by Gasteiger charge is -2.26. The molecular weight excluding hydrogens is 362 g/mol. The molecule has 0 aliphatic heterocycles. The van der Waals surface area contributed by atoms with Gasteiger partial charge in [0.15, 0.2) is 0 Å². The van der Waals surface area contributed by atoms with E-state index in [2.05, 4.69) is 4.98 Å². The van der Waals surface area contributed by atoms with Crippen LogP contribution in [-0.2, 0) is 21.4 Å². The number of para-hydroxylation sites is 1. The third-order valence-electron chi connectivity index (χ3n) is 4.25. The highest BCUT2D eigenvalue weighted by molar-refractivity contribution is 7.92. The van der Waals surface area contributed by atoms with Gasteiger partial charge in [0.1, 0.15) is 6.54 Å². The molecule has 3 aromatic rings. The van der Waals surface area contributed by atoms with Crippen LogP contribution in [0.5, 0.6) is 0 Å². The van der Waals surface area contributed by atoms with Crippen LogP contribution in [0.2, 0.25) is 0 Å². The summed E-state index contributed by atoms with van der Waals surface area (Å²) in [6.45, 7) is 0.128. The third-order valence-corrected chi connectivity index (χ3v) is 5.37. The summed E-state index contributed by atoms with van der Waals surface area (Å²) in [5.41, 5.74) is 1.92. The van der Waals surface area contributed by atoms with Crippen LogP contribution in [0.25, 0.3) is 10.9 Å². The summed E-state index contributed by atoms with van der Waals surface area (Å²) in [4.78, 5) is 18.5. The van der Waals surface area contributed by atoms with E-state index in [1.807, 2.05) is 42.5 Å². The maximum Gasteiger partial charge on any atom is 0.243 e. The van der Waals surface area contributed by atoms with Crippen LogP contribution in [-0.4, -0.2) is 44.1 Å². The van der Waals surface area contributed by atoms with Gasteiger partial charge < -0.3 is 4.90 Å². The number of hydrogen-bond acceptors (Lipinski definition) is 4. The molecule has 3 rings (SSSR count). The fraction of sp³-hybridized carbons (Fsp3) is 0.200. The van der Waals surface area contributed by atoms with E-state index in [4.69, 9.17) is 0 Å². The molecule has 7 heteroatoms. The zero-order chi connectivity index (χ0) is 19.4. The molecule has 0 unspecified atom stereocenters. The van der Waals surface area contributed by atoms with Crippen LogP contribution < -0.4 is 4.31 Å². The average molecular weight is 383 g/mol. The molecule has 0 aliphatic rings. The molecule has 0 saturated heterocycles. The molecule has 0 saturated carbocycles. The van der Waals surface area contributed by atoms with Crippen molar-refractivity contribution in [3.8, 4) is 0 Å². The van der Waals surface area contributed by atoms with Gasteiger partial charge in [-0.1, -0.05) is 48.5 Å². The number of likely N-dealkylation sites (N-methyl/N-ethyl adjacent to an activating group) is 1. The Morgan fingerprint density at radius 3 is 2.41 bits per heavy atom. The van der Waals surface area contributed by atoms with Gasteiger partial charge in [-0.15, -0.1) is 0 Å². The molecule has 140 valence electrons. The van der Waals surface area contributed by atoms with Gasteiger partial charge in [-0.05, 0) is 17.7 Å². The third kappa shape index (κ3) is 4.43. The predicted octanol–water partition coefficient (Wildman–Crippen LogP) is 2.66. The second-order valence-corrected chi connectivity index (χ2v) is 8.26. The highest BCUT2D eigenvalue weighted by atomic mass is 32.2. The molecule has 0 fully saturated rings. The summed E-state index contributed by atoms with van der Waals surface area (Å²) in [7, 11) is -2.00. The Morgan fingerprint density at radius 1 is 1.00 bits per heavy atom. The minimum atomic E-state index is -3.67. The van der Waals surface area contributed by atoms with Gasteiger partial charge in [-0.3, -0.25) is 14.1 Å². The molecule has 0 spiro atoms. The summed E-state index contributed by atoms with van der Waals surface area (Å²) in [5, 5.41) is 0.814. The fourth-order valence-electron chi connectivity index (χ4n) is 2.86. The molecule has 6 nitrogen and oxygen atoms in total. The van der Waals surface area contributed by atoms with Gasteiger partial charge >= 0.3 is 0 Å². The number of hydrogen-bond donors (Lipinski definition) is 0. The lowest BCUT2D eigenvalue weighted by molar-refractivity contribution is -0.128. The van der Waals surface area contributed by atoms with E-state index in [1.165, 1.54) is 4.90 Å². The zero-order valence-corrected chi connectivity index (χ0v) is 16.1. The summed E-state index contributed by atoms with van der Waals surface area (Å²) in [6.07, 6.45) is 2.70. The molecule has 1 heterocycles. The fourth-order valence-corrected chi connectivity index (χ4v) is 3.71. The van der Waals surface area contributed by atoms with Crippen molar-refractivity contribution >= 4 is 32.5 Å². The summed E-state index contributed by atoms with van der Waals surface area (Å²) < 4.78 is 26.0. The van der Waals surface area contributed by atoms with Crippen LogP contribution in [0.1, 0.15) is 5.56 Å². The second kappa shape index (κ2) is 7.75. The number of sulfonamides is 1. The van der Waals surface area contributed by atoms with Crippen molar-refractivity contribution in [3.63, 3.8) is 0 Å². The Balaban J connectivity index is 1.89. The topological polar surface area (TPSA) is 70.6 Å². The number of rotatable bonds is 6. The maximum atomic E-state index is 12.7. The largest absolute Gasteiger partial charge is 0.340 e. The highest BCUT2D eigenvalue weighted by Gasteiger charge is 2.24. The van der Waals surface area contributed by atoms with E-state index in [0.717, 1.165) is 21.5 Å². The van der Waals surface area contributed by atoms with Crippen molar-refractivity contribution < 1.29 is 13.2 Å². The van der Waals surface area contributed by atoms with Crippen LogP contribution in [0.3, 0.4) is 0 Å². The summed E-state index contributed by atoms with van der Waals surface area (Å²) in [5.74, 6) is -0.294.